The molecule has 1 heterocycles. The minimum Gasteiger partial charge on any atom is -0.478 e. The first kappa shape index (κ1) is 11.8. The summed E-state index contributed by atoms with van der Waals surface area (Å²) in [6.45, 7) is 2.97. The second kappa shape index (κ2) is 4.53. The molecule has 1 N–H and O–H groups in total. The second-order valence-corrected chi connectivity index (χ2v) is 4.33. The van der Waals surface area contributed by atoms with Gasteiger partial charge in [-0.2, -0.15) is 0 Å². The van der Waals surface area contributed by atoms with Crippen molar-refractivity contribution in [1.29, 1.82) is 0 Å². The largest absolute Gasteiger partial charge is 0.478 e. The van der Waals surface area contributed by atoms with Crippen LogP contribution in [0.1, 0.15) is 13.8 Å². The Hall–Kier alpha value is -1.23. The molecular formula is C10H13NO3S. The SMILES string of the molecule is CSc1ccc(OC(C)(C)C(=O)O)nc1. The zero-order valence-electron chi connectivity index (χ0n) is 8.85. The van der Waals surface area contributed by atoms with Gasteiger partial charge in [0.15, 0.2) is 0 Å². The molecule has 0 spiro atoms. The van der Waals surface area contributed by atoms with Gasteiger partial charge in [0, 0.05) is 17.2 Å². The zero-order chi connectivity index (χ0) is 11.5. The van der Waals surface area contributed by atoms with E-state index in [4.69, 9.17) is 9.84 Å². The molecule has 0 aliphatic rings. The molecule has 15 heavy (non-hydrogen) atoms. The smallest absolute Gasteiger partial charge is 0.347 e. The van der Waals surface area contributed by atoms with Crippen LogP contribution < -0.4 is 4.74 Å². The van der Waals surface area contributed by atoms with Gasteiger partial charge in [-0.3, -0.25) is 0 Å². The van der Waals surface area contributed by atoms with Gasteiger partial charge < -0.3 is 9.84 Å². The number of pyridine rings is 1. The van der Waals surface area contributed by atoms with Crippen molar-refractivity contribution in [3.63, 3.8) is 0 Å². The number of hydrogen-bond donors (Lipinski definition) is 1. The summed E-state index contributed by atoms with van der Waals surface area (Å²) in [5.74, 6) is -0.696. The Balaban J connectivity index is 2.77. The van der Waals surface area contributed by atoms with Crippen molar-refractivity contribution < 1.29 is 14.6 Å². The maximum Gasteiger partial charge on any atom is 0.347 e. The van der Waals surface area contributed by atoms with Crippen LogP contribution in [0.25, 0.3) is 0 Å². The van der Waals surface area contributed by atoms with Crippen molar-refractivity contribution in [3.8, 4) is 5.88 Å². The van der Waals surface area contributed by atoms with E-state index in [1.54, 1.807) is 24.0 Å². The topological polar surface area (TPSA) is 59.4 Å². The molecule has 0 bridgehead atoms. The van der Waals surface area contributed by atoms with E-state index in [1.165, 1.54) is 13.8 Å². The van der Waals surface area contributed by atoms with Crippen LogP contribution in [0, 0.1) is 0 Å². The number of carboxylic acids is 1. The molecule has 0 aliphatic carbocycles. The normalized spacial score (nSPS) is 11.1. The number of aliphatic carboxylic acids is 1. The van der Waals surface area contributed by atoms with Gasteiger partial charge in [0.2, 0.25) is 11.5 Å². The van der Waals surface area contributed by atoms with Gasteiger partial charge in [-0.15, -0.1) is 11.8 Å². The number of aromatic nitrogens is 1. The van der Waals surface area contributed by atoms with E-state index < -0.39 is 11.6 Å². The zero-order valence-corrected chi connectivity index (χ0v) is 9.67. The first-order valence-corrected chi connectivity index (χ1v) is 5.60. The van der Waals surface area contributed by atoms with E-state index in [9.17, 15) is 4.79 Å². The summed E-state index contributed by atoms with van der Waals surface area (Å²) in [4.78, 5) is 15.8. The Morgan fingerprint density at radius 3 is 2.60 bits per heavy atom. The van der Waals surface area contributed by atoms with Crippen LogP contribution in [0.5, 0.6) is 5.88 Å². The van der Waals surface area contributed by atoms with Crippen LogP contribution >= 0.6 is 11.8 Å². The van der Waals surface area contributed by atoms with Crippen molar-refractivity contribution in [2.24, 2.45) is 0 Å². The van der Waals surface area contributed by atoms with Crippen LogP contribution in [0.4, 0.5) is 0 Å². The highest BCUT2D eigenvalue weighted by Crippen LogP contribution is 2.19. The predicted octanol–water partition coefficient (Wildman–Crippen LogP) is 2.05. The Kier molecular flexibility index (Phi) is 3.57. The van der Waals surface area contributed by atoms with Crippen molar-refractivity contribution >= 4 is 17.7 Å². The quantitative estimate of drug-likeness (QED) is 0.798. The van der Waals surface area contributed by atoms with E-state index in [1.807, 2.05) is 12.3 Å². The highest BCUT2D eigenvalue weighted by molar-refractivity contribution is 7.98. The van der Waals surface area contributed by atoms with Crippen molar-refractivity contribution in [2.75, 3.05) is 6.26 Å². The number of nitrogens with zero attached hydrogens (tertiary/aromatic N) is 1. The monoisotopic (exact) mass is 227 g/mol. The van der Waals surface area contributed by atoms with Crippen LogP contribution in [0.3, 0.4) is 0 Å². The molecule has 0 aromatic carbocycles. The first-order chi connectivity index (χ1) is 6.95. The number of thioether (sulfide) groups is 1. The van der Waals surface area contributed by atoms with Crippen molar-refractivity contribution in [3.05, 3.63) is 18.3 Å². The molecular weight excluding hydrogens is 214 g/mol. The average molecular weight is 227 g/mol. The molecule has 0 atom stereocenters. The lowest BCUT2D eigenvalue weighted by atomic mass is 10.1. The Labute approximate surface area is 92.7 Å². The first-order valence-electron chi connectivity index (χ1n) is 4.38. The molecule has 0 unspecified atom stereocenters. The van der Waals surface area contributed by atoms with Crippen LogP contribution in [-0.4, -0.2) is 27.9 Å². The molecule has 82 valence electrons. The summed E-state index contributed by atoms with van der Waals surface area (Å²) in [6.07, 6.45) is 3.59. The van der Waals surface area contributed by atoms with E-state index >= 15 is 0 Å². The van der Waals surface area contributed by atoms with E-state index in [-0.39, 0.29) is 0 Å². The summed E-state index contributed by atoms with van der Waals surface area (Å²) in [5, 5.41) is 8.85. The Bertz CT molecular complexity index is 348. The molecule has 5 heteroatoms. The van der Waals surface area contributed by atoms with Gasteiger partial charge >= 0.3 is 5.97 Å². The molecule has 4 nitrogen and oxygen atoms in total. The number of carboxylic acid groups (broad SMARTS) is 1. The van der Waals surface area contributed by atoms with E-state index in [0.29, 0.717) is 5.88 Å². The number of rotatable bonds is 4. The molecule has 1 aromatic heterocycles. The highest BCUT2D eigenvalue weighted by Gasteiger charge is 2.29. The fourth-order valence-electron chi connectivity index (χ4n) is 0.853. The van der Waals surface area contributed by atoms with Crippen LogP contribution in [0.2, 0.25) is 0 Å². The molecule has 0 radical (unpaired) electrons. The van der Waals surface area contributed by atoms with Crippen molar-refractivity contribution in [1.82, 2.24) is 4.98 Å². The molecule has 0 saturated heterocycles. The summed E-state index contributed by atoms with van der Waals surface area (Å²) < 4.78 is 5.24. The third kappa shape index (κ3) is 3.13. The summed E-state index contributed by atoms with van der Waals surface area (Å²) >= 11 is 1.57. The lowest BCUT2D eigenvalue weighted by molar-refractivity contribution is -0.152. The number of ether oxygens (including phenoxy) is 1. The lowest BCUT2D eigenvalue weighted by Gasteiger charge is -2.20. The second-order valence-electron chi connectivity index (χ2n) is 3.45. The van der Waals surface area contributed by atoms with Gasteiger partial charge in [-0.25, -0.2) is 9.78 Å². The molecule has 1 rings (SSSR count). The number of hydrogen-bond acceptors (Lipinski definition) is 4. The minimum absolute atomic E-state index is 0.320. The molecule has 0 fully saturated rings. The van der Waals surface area contributed by atoms with Crippen LogP contribution in [-0.2, 0) is 4.79 Å². The maximum atomic E-state index is 10.8. The summed E-state index contributed by atoms with van der Waals surface area (Å²) in [7, 11) is 0. The molecule has 0 aliphatic heterocycles. The van der Waals surface area contributed by atoms with E-state index in [2.05, 4.69) is 4.98 Å². The van der Waals surface area contributed by atoms with Gasteiger partial charge in [-0.1, -0.05) is 0 Å². The minimum atomic E-state index is -1.26. The van der Waals surface area contributed by atoms with Gasteiger partial charge in [0.25, 0.3) is 0 Å². The van der Waals surface area contributed by atoms with Crippen molar-refractivity contribution in [2.45, 2.75) is 24.3 Å². The average Bonchev–Trinajstić information content (AvgIpc) is 2.18. The standard InChI is InChI=1S/C10H13NO3S/c1-10(2,9(12)13)14-8-5-4-7(15-3)6-11-8/h4-6H,1-3H3,(H,12,13). The summed E-state index contributed by atoms with van der Waals surface area (Å²) in [6, 6.07) is 3.50. The molecule has 0 amide bonds. The Morgan fingerprint density at radius 2 is 2.20 bits per heavy atom. The third-order valence-corrected chi connectivity index (χ3v) is 2.53. The number of carbonyl (C=O) groups is 1. The fourth-order valence-corrected chi connectivity index (χ4v) is 1.22. The van der Waals surface area contributed by atoms with Gasteiger partial charge in [-0.05, 0) is 26.2 Å². The maximum absolute atomic E-state index is 10.8. The lowest BCUT2D eigenvalue weighted by Crippen LogP contribution is -2.38. The highest BCUT2D eigenvalue weighted by atomic mass is 32.2. The summed E-state index contributed by atoms with van der Waals surface area (Å²) in [5.41, 5.74) is -1.26. The van der Waals surface area contributed by atoms with Gasteiger partial charge in [0.05, 0.1) is 0 Å². The van der Waals surface area contributed by atoms with Crippen LogP contribution in [0.15, 0.2) is 23.2 Å². The third-order valence-electron chi connectivity index (χ3n) is 1.82. The van der Waals surface area contributed by atoms with E-state index in [0.717, 1.165) is 4.90 Å². The molecule has 1 aromatic rings. The Morgan fingerprint density at radius 1 is 1.53 bits per heavy atom. The van der Waals surface area contributed by atoms with Gasteiger partial charge in [0.1, 0.15) is 0 Å². The molecule has 0 saturated carbocycles. The fraction of sp³-hybridized carbons (Fsp3) is 0.400. The predicted molar refractivity (Wildman–Crippen MR) is 58.4 cm³/mol.